The van der Waals surface area contributed by atoms with Gasteiger partial charge in [0.15, 0.2) is 0 Å². The van der Waals surface area contributed by atoms with Crippen molar-refractivity contribution in [3.63, 3.8) is 0 Å². The number of hydrogen-bond donors (Lipinski definition) is 1. The predicted octanol–water partition coefficient (Wildman–Crippen LogP) is 6.53. The van der Waals surface area contributed by atoms with E-state index >= 15 is 0 Å². The molecule has 3 saturated carbocycles. The second-order valence-electron chi connectivity index (χ2n) is 15.0. The van der Waals surface area contributed by atoms with E-state index in [1.165, 1.54) is 49.7 Å². The second kappa shape index (κ2) is 13.6. The Morgan fingerprint density at radius 3 is 2.44 bits per heavy atom. The zero-order chi connectivity index (χ0) is 30.9. The summed E-state index contributed by atoms with van der Waals surface area (Å²) in [6, 6.07) is 15.3. The number of benzene rings is 2. The van der Waals surface area contributed by atoms with Gasteiger partial charge in [0, 0.05) is 10.8 Å². The van der Waals surface area contributed by atoms with Crippen LogP contribution in [0.2, 0.25) is 0 Å². The van der Waals surface area contributed by atoms with Crippen molar-refractivity contribution in [3.8, 4) is 5.75 Å². The number of ether oxygens (including phenoxy) is 5. The van der Waals surface area contributed by atoms with E-state index in [0.29, 0.717) is 58.1 Å². The van der Waals surface area contributed by atoms with Crippen LogP contribution in [-0.4, -0.2) is 64.6 Å². The molecular weight excluding hydrogens is 564 g/mol. The van der Waals surface area contributed by atoms with Crippen molar-refractivity contribution in [1.29, 1.82) is 0 Å². The molecule has 0 saturated heterocycles. The lowest BCUT2D eigenvalue weighted by atomic mass is 9.37. The van der Waals surface area contributed by atoms with Crippen molar-refractivity contribution in [2.45, 2.75) is 82.8 Å². The molecule has 45 heavy (non-hydrogen) atoms. The molecule has 0 radical (unpaired) electrons. The minimum absolute atomic E-state index is 0.0404. The Hall–Kier alpha value is -1.96. The molecule has 6 heteroatoms. The van der Waals surface area contributed by atoms with E-state index in [1.807, 2.05) is 7.11 Å². The normalized spacial score (nSPS) is 33.1. The van der Waals surface area contributed by atoms with Crippen LogP contribution in [0.25, 0.3) is 0 Å². The second-order valence-corrected chi connectivity index (χ2v) is 15.0. The summed E-state index contributed by atoms with van der Waals surface area (Å²) in [6.07, 6.45) is 11.6. The summed E-state index contributed by atoms with van der Waals surface area (Å²) in [5.74, 6) is 4.75. The van der Waals surface area contributed by atoms with Crippen LogP contribution >= 0.6 is 0 Å². The Morgan fingerprint density at radius 1 is 0.867 bits per heavy atom. The van der Waals surface area contributed by atoms with Crippen LogP contribution < -0.4 is 4.74 Å². The number of rotatable bonds is 16. The van der Waals surface area contributed by atoms with Gasteiger partial charge in [-0.2, -0.15) is 0 Å². The third-order valence-electron chi connectivity index (χ3n) is 12.3. The molecule has 3 fully saturated rings. The van der Waals surface area contributed by atoms with E-state index in [2.05, 4.69) is 49.4 Å². The Morgan fingerprint density at radius 2 is 1.67 bits per heavy atom. The Bertz CT molecular complexity index is 1280. The van der Waals surface area contributed by atoms with Gasteiger partial charge >= 0.3 is 0 Å². The summed E-state index contributed by atoms with van der Waals surface area (Å²) in [6.45, 7) is 6.34. The highest BCUT2D eigenvalue weighted by molar-refractivity contribution is 5.55. The number of aliphatic hydroxyl groups is 1. The van der Waals surface area contributed by atoms with Crippen molar-refractivity contribution in [2.24, 2.45) is 35.0 Å². The Labute approximate surface area is 270 Å². The summed E-state index contributed by atoms with van der Waals surface area (Å²) in [4.78, 5) is 0. The molecule has 5 aliphatic carbocycles. The first-order valence-electron chi connectivity index (χ1n) is 17.8. The van der Waals surface area contributed by atoms with Gasteiger partial charge in [0.2, 0.25) is 0 Å². The third-order valence-corrected chi connectivity index (χ3v) is 12.3. The van der Waals surface area contributed by atoms with Gasteiger partial charge in [-0.15, -0.1) is 0 Å². The van der Waals surface area contributed by atoms with Crippen molar-refractivity contribution >= 4 is 0 Å². The maximum Gasteiger partial charge on any atom is 0.122 e. The topological polar surface area (TPSA) is 66.4 Å². The smallest absolute Gasteiger partial charge is 0.122 e. The molecule has 0 aliphatic heterocycles. The highest BCUT2D eigenvalue weighted by atomic mass is 16.5. The molecule has 0 amide bonds. The van der Waals surface area contributed by atoms with Gasteiger partial charge in [-0.25, -0.2) is 0 Å². The summed E-state index contributed by atoms with van der Waals surface area (Å²) in [7, 11) is 1.85. The van der Waals surface area contributed by atoms with Gasteiger partial charge in [0.1, 0.15) is 5.75 Å². The summed E-state index contributed by atoms with van der Waals surface area (Å²) in [5.41, 5.74) is 6.05. The zero-order valence-electron chi connectivity index (χ0n) is 27.5. The van der Waals surface area contributed by atoms with Crippen LogP contribution in [0.4, 0.5) is 0 Å². The number of hydrogen-bond acceptors (Lipinski definition) is 6. The van der Waals surface area contributed by atoms with Crippen molar-refractivity contribution in [1.82, 2.24) is 0 Å². The molecule has 246 valence electrons. The molecule has 4 unspecified atom stereocenters. The lowest BCUT2D eigenvalue weighted by Crippen LogP contribution is -2.67. The molecule has 1 N–H and O–H groups in total. The van der Waals surface area contributed by atoms with Crippen LogP contribution in [0.5, 0.6) is 5.75 Å². The maximum absolute atomic E-state index is 8.97. The Kier molecular flexibility index (Phi) is 9.59. The van der Waals surface area contributed by atoms with Crippen LogP contribution in [0.15, 0.2) is 42.5 Å². The lowest BCUT2D eigenvalue weighted by Gasteiger charge is -2.68. The molecule has 6 nitrogen and oxygen atoms in total. The average Bonchev–Trinajstić information content (AvgIpc) is 3.88. The molecule has 2 aromatic rings. The highest BCUT2D eigenvalue weighted by Crippen LogP contribution is 2.69. The molecule has 0 aromatic heterocycles. The van der Waals surface area contributed by atoms with Crippen molar-refractivity contribution in [2.75, 3.05) is 53.4 Å². The van der Waals surface area contributed by atoms with Gasteiger partial charge in [-0.3, -0.25) is 0 Å². The van der Waals surface area contributed by atoms with Gasteiger partial charge < -0.3 is 28.8 Å². The van der Waals surface area contributed by atoms with Crippen molar-refractivity contribution in [3.05, 3.63) is 64.7 Å². The van der Waals surface area contributed by atoms with E-state index < -0.39 is 0 Å². The molecule has 2 aromatic carbocycles. The molecule has 7 atom stereocenters. The first-order chi connectivity index (χ1) is 22.1. The summed E-state index contributed by atoms with van der Waals surface area (Å²) >= 11 is 0. The first kappa shape index (κ1) is 31.6. The number of aliphatic hydroxyl groups excluding tert-OH is 1. The molecule has 7 rings (SSSR count). The fraction of sp³-hybridized carbons (Fsp3) is 0.692. The largest absolute Gasteiger partial charge is 0.496 e. The highest BCUT2D eigenvalue weighted by Gasteiger charge is 2.66. The van der Waals surface area contributed by atoms with E-state index in [0.717, 1.165) is 42.8 Å². The summed E-state index contributed by atoms with van der Waals surface area (Å²) in [5, 5.41) is 8.97. The lowest BCUT2D eigenvalue weighted by molar-refractivity contribution is -0.199. The molecule has 1 spiro atoms. The van der Waals surface area contributed by atoms with Gasteiger partial charge in [-0.1, -0.05) is 56.2 Å². The summed E-state index contributed by atoms with van der Waals surface area (Å²) < 4.78 is 31.0. The van der Waals surface area contributed by atoms with E-state index in [4.69, 9.17) is 28.8 Å². The van der Waals surface area contributed by atoms with Crippen LogP contribution in [0.1, 0.15) is 74.1 Å². The monoisotopic (exact) mass is 618 g/mol. The molecule has 2 bridgehead atoms. The first-order valence-corrected chi connectivity index (χ1v) is 17.8. The van der Waals surface area contributed by atoms with Gasteiger partial charge in [0.05, 0.1) is 66.1 Å². The maximum atomic E-state index is 8.97. The SMILES string of the molecule is COc1ccc2c3c1CCC1C(OCCOCCOCCO)[C@](C)(COCc4ccccc4)CC4[C@@H](C2)C(CC2CC2)CC[C@]314. The van der Waals surface area contributed by atoms with Crippen LogP contribution in [0.3, 0.4) is 0 Å². The Balaban J connectivity index is 1.19. The van der Waals surface area contributed by atoms with Gasteiger partial charge in [-0.05, 0) is 103 Å². The minimum Gasteiger partial charge on any atom is -0.496 e. The quantitative estimate of drug-likeness (QED) is 0.216. The van der Waals surface area contributed by atoms with E-state index in [1.54, 1.807) is 11.1 Å². The third kappa shape index (κ3) is 6.11. The molecule has 0 heterocycles. The van der Waals surface area contributed by atoms with Crippen LogP contribution in [0, 0.1) is 35.0 Å². The number of methoxy groups -OCH3 is 1. The average molecular weight is 619 g/mol. The standard InChI is InChI=1S/C39H54O6/c1-38(26-44-25-28-6-4-3-5-7-28)24-34-32-23-30-10-13-35(41-2)31-11-12-33(37(38)45-21-20-43-19-18-42-17-16-40)39(34,36(30)31)15-14-29(32)22-27-8-9-27/h3-7,10,13,27,29,32-34,37,40H,8-9,11-12,14-26H2,1-2H3/t29?,32-,33?,34?,37?,38-,39-/m0/s1. The van der Waals surface area contributed by atoms with Crippen molar-refractivity contribution < 1.29 is 28.8 Å². The zero-order valence-corrected chi connectivity index (χ0v) is 27.5. The fourth-order valence-electron chi connectivity index (χ4n) is 10.5. The molecular formula is C39H54O6. The molecule has 5 aliphatic rings. The van der Waals surface area contributed by atoms with Crippen LogP contribution in [-0.2, 0) is 43.8 Å². The minimum atomic E-state index is -0.0779. The fourth-order valence-corrected chi connectivity index (χ4v) is 10.5. The van der Waals surface area contributed by atoms with Gasteiger partial charge in [0.25, 0.3) is 0 Å². The van der Waals surface area contributed by atoms with E-state index in [-0.39, 0.29) is 23.5 Å². The van der Waals surface area contributed by atoms with E-state index in [9.17, 15) is 0 Å². The predicted molar refractivity (Wildman–Crippen MR) is 175 cm³/mol.